The summed E-state index contributed by atoms with van der Waals surface area (Å²) in [5, 5.41) is 8.50. The molecule has 0 aromatic heterocycles. The molecule has 0 bridgehead atoms. The van der Waals surface area contributed by atoms with Crippen molar-refractivity contribution in [3.05, 3.63) is 0 Å². The van der Waals surface area contributed by atoms with Crippen molar-refractivity contribution >= 4 is 5.91 Å². The van der Waals surface area contributed by atoms with Crippen LogP contribution >= 0.6 is 0 Å². The molecule has 0 spiro atoms. The van der Waals surface area contributed by atoms with E-state index in [-0.39, 0.29) is 5.92 Å². The van der Waals surface area contributed by atoms with E-state index >= 15 is 0 Å². The maximum absolute atomic E-state index is 12.8. The van der Waals surface area contributed by atoms with Gasteiger partial charge >= 0.3 is 0 Å². The monoisotopic (exact) mass is 217 g/mol. The molecule has 1 aliphatic heterocycles. The summed E-state index contributed by atoms with van der Waals surface area (Å²) in [6.07, 6.45) is 0. The number of hydrogen-bond acceptors (Lipinski definition) is 3. The molecule has 1 aliphatic rings. The summed E-state index contributed by atoms with van der Waals surface area (Å²) >= 11 is 0. The number of amides is 1. The smallest absolute Gasteiger partial charge is 0.298 e. The summed E-state index contributed by atoms with van der Waals surface area (Å²) in [7, 11) is 0. The minimum absolute atomic E-state index is 0.133. The summed E-state index contributed by atoms with van der Waals surface area (Å²) in [6.45, 7) is 2.74. The summed E-state index contributed by atoms with van der Waals surface area (Å²) in [5.74, 6) is -3.81. The van der Waals surface area contributed by atoms with Gasteiger partial charge in [-0.3, -0.25) is 4.79 Å². The second-order valence-electron chi connectivity index (χ2n) is 4.03. The Hall–Kier alpha value is -1.22. The van der Waals surface area contributed by atoms with Gasteiger partial charge in [-0.1, -0.05) is 13.8 Å². The standard InChI is InChI=1S/C9H13F2N3O/c1-5(2)7(13)8(15)14-4-9(10,11)6(14)3-12/h5-7H,4,13H2,1-2H3. The van der Waals surface area contributed by atoms with Crippen LogP contribution in [-0.2, 0) is 4.79 Å². The number of carbonyl (C=O) groups is 1. The first-order valence-corrected chi connectivity index (χ1v) is 4.64. The maximum Gasteiger partial charge on any atom is 0.298 e. The number of alkyl halides is 2. The Balaban J connectivity index is 2.70. The van der Waals surface area contributed by atoms with Crippen molar-refractivity contribution in [2.45, 2.75) is 31.9 Å². The molecule has 1 heterocycles. The predicted molar refractivity (Wildman–Crippen MR) is 48.9 cm³/mol. The van der Waals surface area contributed by atoms with E-state index < -0.39 is 30.5 Å². The first-order valence-electron chi connectivity index (χ1n) is 4.64. The van der Waals surface area contributed by atoms with Gasteiger partial charge in [0.2, 0.25) is 5.91 Å². The lowest BCUT2D eigenvalue weighted by Crippen LogP contribution is -2.68. The van der Waals surface area contributed by atoms with Crippen LogP contribution in [0.2, 0.25) is 0 Å². The number of nitriles is 1. The van der Waals surface area contributed by atoms with E-state index in [2.05, 4.69) is 0 Å². The molecular weight excluding hydrogens is 204 g/mol. The molecule has 1 amide bonds. The molecule has 1 fully saturated rings. The fourth-order valence-electron chi connectivity index (χ4n) is 1.37. The zero-order chi connectivity index (χ0) is 11.8. The van der Waals surface area contributed by atoms with Gasteiger partial charge in [0.1, 0.15) is 0 Å². The summed E-state index contributed by atoms with van der Waals surface area (Å²) in [4.78, 5) is 12.4. The molecule has 2 unspecified atom stereocenters. The van der Waals surface area contributed by atoms with Crippen LogP contribution in [0.15, 0.2) is 0 Å². The lowest BCUT2D eigenvalue weighted by molar-refractivity contribution is -0.183. The molecule has 84 valence electrons. The number of rotatable bonds is 2. The van der Waals surface area contributed by atoms with Crippen molar-refractivity contribution < 1.29 is 13.6 Å². The van der Waals surface area contributed by atoms with Gasteiger partial charge in [0.05, 0.1) is 18.7 Å². The van der Waals surface area contributed by atoms with Crippen molar-refractivity contribution in [1.82, 2.24) is 4.90 Å². The van der Waals surface area contributed by atoms with E-state index in [0.29, 0.717) is 0 Å². The number of carbonyl (C=O) groups excluding carboxylic acids is 1. The van der Waals surface area contributed by atoms with E-state index in [1.165, 1.54) is 6.07 Å². The molecule has 0 aromatic rings. The SMILES string of the molecule is CC(C)C(N)C(=O)N1CC(F)(F)C1C#N. The Morgan fingerprint density at radius 1 is 1.67 bits per heavy atom. The fourth-order valence-corrected chi connectivity index (χ4v) is 1.37. The molecule has 1 saturated heterocycles. The second kappa shape index (κ2) is 3.74. The molecule has 2 atom stereocenters. The van der Waals surface area contributed by atoms with Crippen LogP contribution in [-0.4, -0.2) is 35.4 Å². The predicted octanol–water partition coefficient (Wildman–Crippen LogP) is 0.339. The van der Waals surface area contributed by atoms with Crippen molar-refractivity contribution in [2.75, 3.05) is 6.54 Å². The van der Waals surface area contributed by atoms with E-state index in [9.17, 15) is 13.6 Å². The average molecular weight is 217 g/mol. The molecule has 2 N–H and O–H groups in total. The Kier molecular flexibility index (Phi) is 2.95. The first kappa shape index (κ1) is 11.9. The van der Waals surface area contributed by atoms with Gasteiger partial charge in [-0.25, -0.2) is 8.78 Å². The van der Waals surface area contributed by atoms with Gasteiger partial charge in [-0.15, -0.1) is 0 Å². The first-order chi connectivity index (χ1) is 6.81. The highest BCUT2D eigenvalue weighted by molar-refractivity contribution is 5.83. The molecule has 6 heteroatoms. The average Bonchev–Trinajstić information content (AvgIpc) is 2.12. The highest BCUT2D eigenvalue weighted by Crippen LogP contribution is 2.34. The Morgan fingerprint density at radius 3 is 2.53 bits per heavy atom. The minimum atomic E-state index is -3.10. The summed E-state index contributed by atoms with van der Waals surface area (Å²) in [5.41, 5.74) is 5.53. The van der Waals surface area contributed by atoms with Gasteiger partial charge in [-0.2, -0.15) is 5.26 Å². The molecule has 15 heavy (non-hydrogen) atoms. The van der Waals surface area contributed by atoms with Crippen LogP contribution < -0.4 is 5.73 Å². The number of hydrogen-bond donors (Lipinski definition) is 1. The third-order valence-electron chi connectivity index (χ3n) is 2.50. The molecule has 0 radical (unpaired) electrons. The number of nitrogens with two attached hydrogens (primary N) is 1. The Labute approximate surface area is 86.6 Å². The third-order valence-corrected chi connectivity index (χ3v) is 2.50. The quantitative estimate of drug-likeness (QED) is 0.725. The van der Waals surface area contributed by atoms with Crippen LogP contribution in [0, 0.1) is 17.2 Å². The molecular formula is C9H13F2N3O. The van der Waals surface area contributed by atoms with E-state index in [1.54, 1.807) is 13.8 Å². The van der Waals surface area contributed by atoms with Crippen LogP contribution in [0.5, 0.6) is 0 Å². The highest BCUT2D eigenvalue weighted by Gasteiger charge is 2.57. The van der Waals surface area contributed by atoms with Crippen LogP contribution in [0.1, 0.15) is 13.8 Å². The van der Waals surface area contributed by atoms with E-state index in [0.717, 1.165) is 4.90 Å². The van der Waals surface area contributed by atoms with Gasteiger partial charge in [0, 0.05) is 0 Å². The van der Waals surface area contributed by atoms with Gasteiger partial charge in [0.15, 0.2) is 6.04 Å². The van der Waals surface area contributed by atoms with Crippen molar-refractivity contribution in [2.24, 2.45) is 11.7 Å². The molecule has 0 aliphatic carbocycles. The van der Waals surface area contributed by atoms with E-state index in [4.69, 9.17) is 11.0 Å². The molecule has 4 nitrogen and oxygen atoms in total. The highest BCUT2D eigenvalue weighted by atomic mass is 19.3. The van der Waals surface area contributed by atoms with Crippen LogP contribution in [0.4, 0.5) is 8.78 Å². The normalized spacial score (nSPS) is 25.7. The van der Waals surface area contributed by atoms with Crippen molar-refractivity contribution in [3.8, 4) is 6.07 Å². The van der Waals surface area contributed by atoms with Gasteiger partial charge < -0.3 is 10.6 Å². The maximum atomic E-state index is 12.8. The Bertz CT molecular complexity index is 311. The topological polar surface area (TPSA) is 70.1 Å². The minimum Gasteiger partial charge on any atom is -0.320 e. The number of nitrogens with zero attached hydrogens (tertiary/aromatic N) is 2. The zero-order valence-corrected chi connectivity index (χ0v) is 8.58. The lowest BCUT2D eigenvalue weighted by atomic mass is 9.95. The van der Waals surface area contributed by atoms with E-state index in [1.807, 2.05) is 0 Å². The molecule has 0 aromatic carbocycles. The fraction of sp³-hybridized carbons (Fsp3) is 0.778. The molecule has 1 rings (SSSR count). The van der Waals surface area contributed by atoms with Gasteiger partial charge in [0.25, 0.3) is 5.92 Å². The third kappa shape index (κ3) is 1.92. The second-order valence-corrected chi connectivity index (χ2v) is 4.03. The zero-order valence-electron chi connectivity index (χ0n) is 8.58. The molecule has 0 saturated carbocycles. The largest absolute Gasteiger partial charge is 0.320 e. The number of halogens is 2. The van der Waals surface area contributed by atoms with Crippen molar-refractivity contribution in [1.29, 1.82) is 5.26 Å². The lowest BCUT2D eigenvalue weighted by Gasteiger charge is -2.44. The van der Waals surface area contributed by atoms with Gasteiger partial charge in [-0.05, 0) is 5.92 Å². The Morgan fingerprint density at radius 2 is 2.20 bits per heavy atom. The van der Waals surface area contributed by atoms with Crippen LogP contribution in [0.3, 0.4) is 0 Å². The summed E-state index contributed by atoms with van der Waals surface area (Å²) in [6, 6.07) is -1.06. The van der Waals surface area contributed by atoms with Crippen LogP contribution in [0.25, 0.3) is 0 Å². The van der Waals surface area contributed by atoms with Crippen molar-refractivity contribution in [3.63, 3.8) is 0 Å². The number of likely N-dealkylation sites (tertiary alicyclic amines) is 1. The summed E-state index contributed by atoms with van der Waals surface area (Å²) < 4.78 is 25.6.